The number of nitrogens with two attached hydrogens (primary N) is 1. The van der Waals surface area contributed by atoms with Crippen LogP contribution in [0.15, 0.2) is 21.6 Å². The molecular weight excluding hydrogens is 266 g/mol. The molecule has 1 atom stereocenters. The molecule has 1 aromatic rings. The van der Waals surface area contributed by atoms with Crippen molar-refractivity contribution in [3.63, 3.8) is 0 Å². The number of furan rings is 1. The molecule has 0 saturated carbocycles. The van der Waals surface area contributed by atoms with Crippen LogP contribution in [0.2, 0.25) is 0 Å². The summed E-state index contributed by atoms with van der Waals surface area (Å²) in [5.74, 6) is 0.466. The fourth-order valence-electron chi connectivity index (χ4n) is 2.23. The summed E-state index contributed by atoms with van der Waals surface area (Å²) in [6.07, 6.45) is 2.38. The molecule has 0 aromatic carbocycles. The van der Waals surface area contributed by atoms with E-state index in [9.17, 15) is 8.42 Å². The highest BCUT2D eigenvalue weighted by Crippen LogP contribution is 2.14. The van der Waals surface area contributed by atoms with Gasteiger partial charge in [-0.05, 0) is 45.0 Å². The Labute approximate surface area is 114 Å². The minimum atomic E-state index is -3.57. The predicted octanol–water partition coefficient (Wildman–Crippen LogP) is 0.501. The molecule has 1 saturated heterocycles. The van der Waals surface area contributed by atoms with E-state index in [4.69, 9.17) is 10.2 Å². The molecular formula is C12H21N3O3S. The predicted molar refractivity (Wildman–Crippen MR) is 72.1 cm³/mol. The van der Waals surface area contributed by atoms with Gasteiger partial charge in [0, 0.05) is 12.6 Å². The molecule has 2 heterocycles. The topological polar surface area (TPSA) is 88.6 Å². The fourth-order valence-corrected chi connectivity index (χ4v) is 3.29. The maximum absolute atomic E-state index is 12.0. The summed E-state index contributed by atoms with van der Waals surface area (Å²) in [7, 11) is -3.57. The molecule has 6 nitrogen and oxygen atoms in total. The van der Waals surface area contributed by atoms with Crippen LogP contribution in [-0.2, 0) is 16.6 Å². The van der Waals surface area contributed by atoms with Gasteiger partial charge in [-0.3, -0.25) is 4.90 Å². The van der Waals surface area contributed by atoms with Crippen molar-refractivity contribution in [3.05, 3.63) is 17.9 Å². The summed E-state index contributed by atoms with van der Waals surface area (Å²) in [6.45, 7) is 4.70. The molecule has 2 rings (SSSR count). The average molecular weight is 287 g/mol. The number of rotatable bonds is 6. The van der Waals surface area contributed by atoms with Gasteiger partial charge >= 0.3 is 0 Å². The first-order chi connectivity index (χ1) is 9.03. The van der Waals surface area contributed by atoms with Crippen molar-refractivity contribution in [2.75, 3.05) is 19.6 Å². The third-order valence-corrected chi connectivity index (χ3v) is 4.73. The van der Waals surface area contributed by atoms with Crippen LogP contribution >= 0.6 is 0 Å². The Bertz CT molecular complexity index is 506. The van der Waals surface area contributed by atoms with Crippen molar-refractivity contribution in [1.82, 2.24) is 9.62 Å². The Morgan fingerprint density at radius 1 is 1.42 bits per heavy atom. The van der Waals surface area contributed by atoms with Gasteiger partial charge in [-0.25, -0.2) is 13.1 Å². The zero-order valence-corrected chi connectivity index (χ0v) is 11.9. The van der Waals surface area contributed by atoms with E-state index in [-0.39, 0.29) is 17.7 Å². The number of likely N-dealkylation sites (tertiary alicyclic amines) is 1. The Kier molecular flexibility index (Phi) is 4.62. The molecule has 1 fully saturated rings. The molecule has 0 aliphatic carbocycles. The van der Waals surface area contributed by atoms with E-state index in [2.05, 4.69) is 9.62 Å². The summed E-state index contributed by atoms with van der Waals surface area (Å²) in [5, 5.41) is -0.0680. The van der Waals surface area contributed by atoms with Crippen molar-refractivity contribution < 1.29 is 12.8 Å². The first-order valence-corrected chi connectivity index (χ1v) is 8.04. The monoisotopic (exact) mass is 287 g/mol. The molecule has 3 N–H and O–H groups in total. The van der Waals surface area contributed by atoms with Crippen molar-refractivity contribution in [2.45, 2.75) is 37.4 Å². The molecule has 1 unspecified atom stereocenters. The highest BCUT2D eigenvalue weighted by Gasteiger charge is 2.22. The minimum absolute atomic E-state index is 0.0680. The largest absolute Gasteiger partial charge is 0.447 e. The Hall–Kier alpha value is -0.890. The lowest BCUT2D eigenvalue weighted by Crippen LogP contribution is -2.40. The van der Waals surface area contributed by atoms with E-state index < -0.39 is 10.0 Å². The van der Waals surface area contributed by atoms with Crippen LogP contribution in [0.4, 0.5) is 0 Å². The van der Waals surface area contributed by atoms with Gasteiger partial charge < -0.3 is 10.2 Å². The van der Waals surface area contributed by atoms with Crippen LogP contribution in [0.3, 0.4) is 0 Å². The third-order valence-electron chi connectivity index (χ3n) is 3.44. The van der Waals surface area contributed by atoms with Gasteiger partial charge in [-0.15, -0.1) is 0 Å². The van der Waals surface area contributed by atoms with Crippen LogP contribution in [0.1, 0.15) is 25.5 Å². The van der Waals surface area contributed by atoms with Gasteiger partial charge in [-0.1, -0.05) is 0 Å². The van der Waals surface area contributed by atoms with E-state index in [1.807, 2.05) is 6.92 Å². The summed E-state index contributed by atoms with van der Waals surface area (Å²) in [5.41, 5.74) is 5.40. The Balaban J connectivity index is 1.93. The average Bonchev–Trinajstić information content (AvgIpc) is 3.06. The van der Waals surface area contributed by atoms with E-state index in [1.54, 1.807) is 6.07 Å². The van der Waals surface area contributed by atoms with Crippen molar-refractivity contribution in [1.29, 1.82) is 0 Å². The molecule has 7 heteroatoms. The van der Waals surface area contributed by atoms with Crippen LogP contribution in [0, 0.1) is 0 Å². The van der Waals surface area contributed by atoms with Crippen LogP contribution in [-0.4, -0.2) is 39.0 Å². The third kappa shape index (κ3) is 3.56. The molecule has 1 aliphatic heterocycles. The van der Waals surface area contributed by atoms with Crippen molar-refractivity contribution in [2.24, 2.45) is 5.73 Å². The number of nitrogens with zero attached hydrogens (tertiary/aromatic N) is 1. The molecule has 0 amide bonds. The van der Waals surface area contributed by atoms with Gasteiger partial charge in [0.1, 0.15) is 5.76 Å². The van der Waals surface area contributed by atoms with E-state index in [0.717, 1.165) is 13.1 Å². The van der Waals surface area contributed by atoms with Gasteiger partial charge in [0.25, 0.3) is 10.0 Å². The summed E-state index contributed by atoms with van der Waals surface area (Å²) in [6, 6.07) is 3.21. The SMILES string of the molecule is CC(CNS(=O)(=O)c1ccc(CN)o1)N1CCCC1. The van der Waals surface area contributed by atoms with Crippen molar-refractivity contribution >= 4 is 10.0 Å². The van der Waals surface area contributed by atoms with Crippen molar-refractivity contribution in [3.8, 4) is 0 Å². The maximum atomic E-state index is 12.0. The quantitative estimate of drug-likeness (QED) is 0.795. The van der Waals surface area contributed by atoms with E-state index in [0.29, 0.717) is 12.3 Å². The molecule has 0 spiro atoms. The lowest BCUT2D eigenvalue weighted by molar-refractivity contribution is 0.259. The fraction of sp³-hybridized carbons (Fsp3) is 0.667. The number of hydrogen-bond acceptors (Lipinski definition) is 5. The highest BCUT2D eigenvalue weighted by molar-refractivity contribution is 7.89. The standard InChI is InChI=1S/C12H21N3O3S/c1-10(15-6-2-3-7-15)9-14-19(16,17)12-5-4-11(8-13)18-12/h4-5,10,14H,2-3,6-9,13H2,1H3. The van der Waals surface area contributed by atoms with Gasteiger partial charge in [0.05, 0.1) is 6.54 Å². The maximum Gasteiger partial charge on any atom is 0.274 e. The van der Waals surface area contributed by atoms with E-state index >= 15 is 0 Å². The van der Waals surface area contributed by atoms with Crippen LogP contribution < -0.4 is 10.5 Å². The van der Waals surface area contributed by atoms with E-state index in [1.165, 1.54) is 18.9 Å². The van der Waals surface area contributed by atoms with Gasteiger partial charge in [0.2, 0.25) is 5.09 Å². The van der Waals surface area contributed by atoms with Gasteiger partial charge in [-0.2, -0.15) is 0 Å². The lowest BCUT2D eigenvalue weighted by atomic mass is 10.3. The number of nitrogens with one attached hydrogen (secondary N) is 1. The van der Waals surface area contributed by atoms with Crippen LogP contribution in [0.5, 0.6) is 0 Å². The zero-order valence-electron chi connectivity index (χ0n) is 11.1. The highest BCUT2D eigenvalue weighted by atomic mass is 32.2. The smallest absolute Gasteiger partial charge is 0.274 e. The molecule has 108 valence electrons. The second-order valence-electron chi connectivity index (χ2n) is 4.87. The molecule has 0 bridgehead atoms. The number of hydrogen-bond donors (Lipinski definition) is 2. The molecule has 0 radical (unpaired) electrons. The first kappa shape index (κ1) is 14.5. The lowest BCUT2D eigenvalue weighted by Gasteiger charge is -2.23. The van der Waals surface area contributed by atoms with Gasteiger partial charge in [0.15, 0.2) is 0 Å². The summed E-state index contributed by atoms with van der Waals surface area (Å²) < 4.78 is 31.8. The second-order valence-corrected chi connectivity index (χ2v) is 6.57. The minimum Gasteiger partial charge on any atom is -0.447 e. The Morgan fingerprint density at radius 2 is 2.11 bits per heavy atom. The molecule has 19 heavy (non-hydrogen) atoms. The van der Waals surface area contributed by atoms with Crippen LogP contribution in [0.25, 0.3) is 0 Å². The normalized spacial score (nSPS) is 18.8. The number of sulfonamides is 1. The Morgan fingerprint density at radius 3 is 2.68 bits per heavy atom. The zero-order chi connectivity index (χ0) is 13.9. The second kappa shape index (κ2) is 6.04. The first-order valence-electron chi connectivity index (χ1n) is 6.55. The molecule has 1 aliphatic rings. The summed E-state index contributed by atoms with van der Waals surface area (Å²) >= 11 is 0. The summed E-state index contributed by atoms with van der Waals surface area (Å²) in [4.78, 5) is 2.29. The molecule has 1 aromatic heterocycles.